The van der Waals surface area contributed by atoms with Crippen LogP contribution >= 0.6 is 0 Å². The molecule has 0 spiro atoms. The third-order valence-electron chi connectivity index (χ3n) is 4.39. The fraction of sp³-hybridized carbons (Fsp3) is 0.562. The molecule has 1 saturated heterocycles. The molecule has 0 saturated carbocycles. The number of carbonyl (C=O) groups is 1. The second-order valence-corrected chi connectivity index (χ2v) is 8.35. The quantitative estimate of drug-likeness (QED) is 0.875. The number of carbonyl (C=O) groups excluding carboxylic acids is 1. The van der Waals surface area contributed by atoms with E-state index in [1.807, 2.05) is 20.8 Å². The first-order chi connectivity index (χ1) is 11.6. The standard InChI is InChI=1S/C16H23F2N3O3S/c1-11(2)12(3)19-16(22)20-6-8-21(9-7-20)25(23,24)15-10-13(17)4-5-14(15)18/h4-5,10-12H,6-9H2,1-3H3,(H,19,22). The van der Waals surface area contributed by atoms with Crippen LogP contribution in [0.5, 0.6) is 0 Å². The molecule has 1 aromatic rings. The molecule has 1 aromatic carbocycles. The van der Waals surface area contributed by atoms with E-state index in [4.69, 9.17) is 0 Å². The summed E-state index contributed by atoms with van der Waals surface area (Å²) in [5.41, 5.74) is 0. The van der Waals surface area contributed by atoms with Gasteiger partial charge in [-0.1, -0.05) is 13.8 Å². The number of benzene rings is 1. The lowest BCUT2D eigenvalue weighted by Gasteiger charge is -2.35. The minimum absolute atomic E-state index is 0.00403. The summed E-state index contributed by atoms with van der Waals surface area (Å²) in [6, 6.07) is 2.07. The molecule has 2 amide bonds. The van der Waals surface area contributed by atoms with Crippen molar-refractivity contribution in [2.24, 2.45) is 5.92 Å². The molecule has 1 atom stereocenters. The number of piperazine rings is 1. The average molecular weight is 375 g/mol. The molecular weight excluding hydrogens is 352 g/mol. The highest BCUT2D eigenvalue weighted by molar-refractivity contribution is 7.89. The fourth-order valence-corrected chi connectivity index (χ4v) is 3.90. The molecule has 1 aliphatic rings. The Bertz CT molecular complexity index is 732. The number of rotatable bonds is 4. The van der Waals surface area contributed by atoms with Crippen LogP contribution in [0, 0.1) is 17.6 Å². The summed E-state index contributed by atoms with van der Waals surface area (Å²) < 4.78 is 53.2. The third kappa shape index (κ3) is 4.46. The van der Waals surface area contributed by atoms with E-state index in [1.54, 1.807) is 0 Å². The number of hydrogen-bond acceptors (Lipinski definition) is 3. The highest BCUT2D eigenvalue weighted by Crippen LogP contribution is 2.21. The molecule has 1 heterocycles. The second-order valence-electron chi connectivity index (χ2n) is 6.45. The van der Waals surface area contributed by atoms with E-state index in [-0.39, 0.29) is 44.2 Å². The van der Waals surface area contributed by atoms with E-state index in [1.165, 1.54) is 4.90 Å². The maximum Gasteiger partial charge on any atom is 0.317 e. The summed E-state index contributed by atoms with van der Waals surface area (Å²) in [5.74, 6) is -1.53. The van der Waals surface area contributed by atoms with Crippen LogP contribution in [0.15, 0.2) is 23.1 Å². The largest absolute Gasteiger partial charge is 0.335 e. The van der Waals surface area contributed by atoms with E-state index >= 15 is 0 Å². The number of amides is 2. The van der Waals surface area contributed by atoms with Crippen molar-refractivity contribution >= 4 is 16.1 Å². The zero-order valence-corrected chi connectivity index (χ0v) is 15.3. The van der Waals surface area contributed by atoms with Gasteiger partial charge in [0, 0.05) is 32.2 Å². The maximum absolute atomic E-state index is 13.8. The monoisotopic (exact) mass is 375 g/mol. The van der Waals surface area contributed by atoms with Crippen molar-refractivity contribution in [3.05, 3.63) is 29.8 Å². The fourth-order valence-electron chi connectivity index (χ4n) is 2.40. The van der Waals surface area contributed by atoms with Crippen molar-refractivity contribution in [1.29, 1.82) is 0 Å². The van der Waals surface area contributed by atoms with E-state index in [0.717, 1.165) is 16.4 Å². The predicted octanol–water partition coefficient (Wildman–Crippen LogP) is 2.03. The van der Waals surface area contributed by atoms with Crippen LogP contribution in [0.2, 0.25) is 0 Å². The first-order valence-electron chi connectivity index (χ1n) is 8.13. The van der Waals surface area contributed by atoms with Crippen LogP contribution in [-0.2, 0) is 10.0 Å². The van der Waals surface area contributed by atoms with Crippen molar-refractivity contribution in [2.75, 3.05) is 26.2 Å². The van der Waals surface area contributed by atoms with E-state index in [0.29, 0.717) is 6.07 Å². The zero-order valence-electron chi connectivity index (χ0n) is 14.5. The number of sulfonamides is 1. The summed E-state index contributed by atoms with van der Waals surface area (Å²) in [5, 5.41) is 2.86. The van der Waals surface area contributed by atoms with E-state index in [2.05, 4.69) is 5.32 Å². The topological polar surface area (TPSA) is 69.7 Å². The van der Waals surface area contributed by atoms with Crippen molar-refractivity contribution in [2.45, 2.75) is 31.7 Å². The lowest BCUT2D eigenvalue weighted by atomic mass is 10.1. The Balaban J connectivity index is 2.04. The van der Waals surface area contributed by atoms with Gasteiger partial charge in [0.2, 0.25) is 10.0 Å². The number of halogens is 2. The van der Waals surface area contributed by atoms with Gasteiger partial charge < -0.3 is 10.2 Å². The summed E-state index contributed by atoms with van der Waals surface area (Å²) in [4.78, 5) is 13.0. The Morgan fingerprint density at radius 2 is 1.72 bits per heavy atom. The number of nitrogens with one attached hydrogen (secondary N) is 1. The van der Waals surface area contributed by atoms with Crippen LogP contribution in [0.1, 0.15) is 20.8 Å². The Morgan fingerprint density at radius 1 is 1.12 bits per heavy atom. The van der Waals surface area contributed by atoms with Crippen LogP contribution in [0.25, 0.3) is 0 Å². The van der Waals surface area contributed by atoms with Crippen LogP contribution in [0.4, 0.5) is 13.6 Å². The minimum atomic E-state index is -4.14. The van der Waals surface area contributed by atoms with Gasteiger partial charge in [-0.15, -0.1) is 0 Å². The van der Waals surface area contributed by atoms with Crippen LogP contribution in [0.3, 0.4) is 0 Å². The molecule has 1 unspecified atom stereocenters. The molecule has 140 valence electrons. The maximum atomic E-state index is 13.8. The molecule has 2 rings (SSSR count). The molecule has 1 N–H and O–H groups in total. The van der Waals surface area contributed by atoms with Gasteiger partial charge in [-0.05, 0) is 31.0 Å². The van der Waals surface area contributed by atoms with Crippen molar-refractivity contribution in [1.82, 2.24) is 14.5 Å². The SMILES string of the molecule is CC(C)C(C)NC(=O)N1CCN(S(=O)(=O)c2cc(F)ccc2F)CC1. The highest BCUT2D eigenvalue weighted by Gasteiger charge is 2.32. The summed E-state index contributed by atoms with van der Waals surface area (Å²) in [7, 11) is -4.14. The lowest BCUT2D eigenvalue weighted by molar-refractivity contribution is 0.167. The summed E-state index contributed by atoms with van der Waals surface area (Å²) in [6.45, 7) is 6.31. The molecule has 0 radical (unpaired) electrons. The smallest absolute Gasteiger partial charge is 0.317 e. The van der Waals surface area contributed by atoms with Gasteiger partial charge in [-0.2, -0.15) is 4.31 Å². The van der Waals surface area contributed by atoms with E-state index in [9.17, 15) is 22.0 Å². The van der Waals surface area contributed by atoms with Crippen LogP contribution in [-0.4, -0.2) is 55.9 Å². The van der Waals surface area contributed by atoms with Crippen molar-refractivity contribution < 1.29 is 22.0 Å². The number of hydrogen-bond donors (Lipinski definition) is 1. The zero-order chi connectivity index (χ0) is 18.8. The van der Waals surface area contributed by atoms with Gasteiger partial charge in [-0.25, -0.2) is 22.0 Å². The lowest BCUT2D eigenvalue weighted by Crippen LogP contribution is -2.54. The van der Waals surface area contributed by atoms with Gasteiger partial charge in [0.1, 0.15) is 16.5 Å². The summed E-state index contributed by atoms with van der Waals surface area (Å²) >= 11 is 0. The van der Waals surface area contributed by atoms with E-state index < -0.39 is 26.6 Å². The molecule has 1 fully saturated rings. The Kier molecular flexibility index (Phi) is 5.99. The van der Waals surface area contributed by atoms with Crippen LogP contribution < -0.4 is 5.32 Å². The van der Waals surface area contributed by atoms with Gasteiger partial charge >= 0.3 is 6.03 Å². The predicted molar refractivity (Wildman–Crippen MR) is 89.5 cm³/mol. The Hall–Kier alpha value is -1.74. The highest BCUT2D eigenvalue weighted by atomic mass is 32.2. The first kappa shape index (κ1) is 19.6. The molecular formula is C16H23F2N3O3S. The molecule has 0 bridgehead atoms. The molecule has 25 heavy (non-hydrogen) atoms. The molecule has 9 heteroatoms. The Labute approximate surface area is 146 Å². The number of urea groups is 1. The Morgan fingerprint density at radius 3 is 2.28 bits per heavy atom. The molecule has 0 aliphatic carbocycles. The van der Waals surface area contributed by atoms with Gasteiger partial charge in [-0.3, -0.25) is 0 Å². The van der Waals surface area contributed by atoms with Crippen molar-refractivity contribution in [3.8, 4) is 0 Å². The normalized spacial score (nSPS) is 17.6. The summed E-state index contributed by atoms with van der Waals surface area (Å²) in [6.07, 6.45) is 0. The minimum Gasteiger partial charge on any atom is -0.335 e. The molecule has 1 aliphatic heterocycles. The molecule has 6 nitrogen and oxygen atoms in total. The van der Waals surface area contributed by atoms with Gasteiger partial charge in [0.05, 0.1) is 0 Å². The van der Waals surface area contributed by atoms with Crippen molar-refractivity contribution in [3.63, 3.8) is 0 Å². The average Bonchev–Trinajstić information content (AvgIpc) is 2.56. The molecule has 0 aromatic heterocycles. The van der Waals surface area contributed by atoms with Gasteiger partial charge in [0.15, 0.2) is 0 Å². The van der Waals surface area contributed by atoms with Gasteiger partial charge in [0.25, 0.3) is 0 Å². The first-order valence-corrected chi connectivity index (χ1v) is 9.57. The third-order valence-corrected chi connectivity index (χ3v) is 6.30. The second kappa shape index (κ2) is 7.65. The number of nitrogens with zero attached hydrogens (tertiary/aromatic N) is 2.